The van der Waals surface area contributed by atoms with Gasteiger partial charge in [0.1, 0.15) is 5.82 Å². The number of carbonyl (C=O) groups excluding carboxylic acids is 1. The van der Waals surface area contributed by atoms with E-state index in [1.807, 2.05) is 19.2 Å². The fraction of sp³-hybridized carbons (Fsp3) is 0.400. The highest BCUT2D eigenvalue weighted by atomic mass is 32.1. The molecule has 1 aromatic carbocycles. The molecule has 156 valence electrons. The van der Waals surface area contributed by atoms with Crippen LogP contribution < -0.4 is 0 Å². The van der Waals surface area contributed by atoms with Crippen LogP contribution in [0.3, 0.4) is 0 Å². The summed E-state index contributed by atoms with van der Waals surface area (Å²) >= 11 is 1.77. The summed E-state index contributed by atoms with van der Waals surface area (Å²) in [5, 5.41) is 2.10. The van der Waals surface area contributed by atoms with Crippen molar-refractivity contribution >= 4 is 17.2 Å². The predicted octanol–water partition coefficient (Wildman–Crippen LogP) is 5.17. The van der Waals surface area contributed by atoms with Crippen LogP contribution in [0, 0.1) is 6.92 Å². The minimum Gasteiger partial charge on any atom is -0.342 e. The molecule has 0 N–H and O–H groups in total. The number of aryl methyl sites for hydroxylation is 2. The molecule has 1 saturated heterocycles. The Kier molecular flexibility index (Phi) is 6.90. The van der Waals surface area contributed by atoms with Crippen molar-refractivity contribution in [3.8, 4) is 0 Å². The lowest BCUT2D eigenvalue weighted by Crippen LogP contribution is -2.39. The molecular weight excluding hydrogens is 390 g/mol. The number of thiophene rings is 1. The van der Waals surface area contributed by atoms with Crippen LogP contribution in [0.5, 0.6) is 0 Å². The second-order valence-corrected chi connectivity index (χ2v) is 9.13. The summed E-state index contributed by atoms with van der Waals surface area (Å²) in [6.45, 7) is 3.59. The number of likely N-dealkylation sites (tertiary alicyclic amines) is 1. The lowest BCUT2D eigenvalue weighted by molar-refractivity contribution is -0.132. The van der Waals surface area contributed by atoms with Crippen molar-refractivity contribution in [1.29, 1.82) is 0 Å². The predicted molar refractivity (Wildman–Crippen MR) is 122 cm³/mol. The van der Waals surface area contributed by atoms with Gasteiger partial charge in [-0.05, 0) is 55.2 Å². The average molecular weight is 420 g/mol. The van der Waals surface area contributed by atoms with Gasteiger partial charge in [-0.2, -0.15) is 0 Å². The highest BCUT2D eigenvalue weighted by Gasteiger charge is 2.27. The Morgan fingerprint density at radius 2 is 2.07 bits per heavy atom. The van der Waals surface area contributed by atoms with Gasteiger partial charge in [-0.15, -0.1) is 11.3 Å². The first-order valence-corrected chi connectivity index (χ1v) is 11.7. The Labute approximate surface area is 183 Å². The molecule has 30 heavy (non-hydrogen) atoms. The van der Waals surface area contributed by atoms with E-state index in [1.54, 1.807) is 11.3 Å². The number of hydrogen-bond acceptors (Lipinski definition) is 4. The van der Waals surface area contributed by atoms with Crippen LogP contribution in [0.25, 0.3) is 0 Å². The van der Waals surface area contributed by atoms with Gasteiger partial charge in [0.15, 0.2) is 0 Å². The third-order valence-electron chi connectivity index (χ3n) is 5.81. The first-order chi connectivity index (χ1) is 14.7. The Morgan fingerprint density at radius 3 is 2.87 bits per heavy atom. The van der Waals surface area contributed by atoms with Crippen molar-refractivity contribution in [3.63, 3.8) is 0 Å². The number of hydrogen-bond donors (Lipinski definition) is 0. The van der Waals surface area contributed by atoms with Crippen molar-refractivity contribution < 1.29 is 4.79 Å². The highest BCUT2D eigenvalue weighted by molar-refractivity contribution is 7.09. The molecule has 0 aliphatic carbocycles. The van der Waals surface area contributed by atoms with Gasteiger partial charge in [0.2, 0.25) is 5.91 Å². The van der Waals surface area contributed by atoms with Gasteiger partial charge in [0, 0.05) is 42.9 Å². The van der Waals surface area contributed by atoms with Gasteiger partial charge in [-0.25, -0.2) is 9.97 Å². The maximum absolute atomic E-state index is 12.8. The van der Waals surface area contributed by atoms with Crippen LogP contribution in [0.4, 0.5) is 0 Å². The Hall–Kier alpha value is -2.53. The fourth-order valence-corrected chi connectivity index (χ4v) is 5.02. The van der Waals surface area contributed by atoms with Crippen LogP contribution in [-0.4, -0.2) is 33.9 Å². The van der Waals surface area contributed by atoms with Gasteiger partial charge in [0.05, 0.1) is 5.69 Å². The maximum Gasteiger partial charge on any atom is 0.222 e. The minimum atomic E-state index is 0.284. The quantitative estimate of drug-likeness (QED) is 0.531. The van der Waals surface area contributed by atoms with Crippen molar-refractivity contribution in [2.45, 2.75) is 51.4 Å². The zero-order valence-electron chi connectivity index (χ0n) is 17.6. The van der Waals surface area contributed by atoms with Crippen LogP contribution in [0.15, 0.2) is 54.0 Å². The molecular formula is C25H29N3OS. The molecule has 1 aliphatic rings. The van der Waals surface area contributed by atoms with E-state index in [9.17, 15) is 4.79 Å². The summed E-state index contributed by atoms with van der Waals surface area (Å²) in [6, 6.07) is 14.7. The standard InChI is InChI=1S/C25H29N3OS/c1-19-26-17-22(16-20-8-3-2-4-9-20)25(27-19)21-10-6-14-28(18-21)24(29)13-5-11-23-12-7-15-30-23/h2-4,7-9,12,15,17,21H,5-6,10-11,13-14,16,18H2,1H3/t21-/m1/s1. The first kappa shape index (κ1) is 20.7. The molecule has 2 aromatic heterocycles. The topological polar surface area (TPSA) is 46.1 Å². The number of benzene rings is 1. The maximum atomic E-state index is 12.8. The summed E-state index contributed by atoms with van der Waals surface area (Å²) in [5.41, 5.74) is 3.58. The monoisotopic (exact) mass is 419 g/mol. The minimum absolute atomic E-state index is 0.284. The first-order valence-electron chi connectivity index (χ1n) is 10.9. The number of aromatic nitrogens is 2. The van der Waals surface area contributed by atoms with E-state index in [0.29, 0.717) is 12.3 Å². The van der Waals surface area contributed by atoms with Crippen molar-refractivity contribution in [2.75, 3.05) is 13.1 Å². The van der Waals surface area contributed by atoms with Crippen molar-refractivity contribution in [2.24, 2.45) is 0 Å². The van der Waals surface area contributed by atoms with E-state index >= 15 is 0 Å². The number of rotatable bonds is 7. The third-order valence-corrected chi connectivity index (χ3v) is 6.75. The number of piperidine rings is 1. The lowest BCUT2D eigenvalue weighted by atomic mass is 9.90. The molecule has 3 aromatic rings. The molecule has 1 atom stereocenters. The molecule has 0 saturated carbocycles. The molecule has 0 unspecified atom stereocenters. The highest BCUT2D eigenvalue weighted by Crippen LogP contribution is 2.29. The Balaban J connectivity index is 1.42. The second kappa shape index (κ2) is 9.98. The largest absolute Gasteiger partial charge is 0.342 e. The molecule has 1 amide bonds. The summed E-state index contributed by atoms with van der Waals surface area (Å²) < 4.78 is 0. The Bertz CT molecular complexity index is 956. The fourth-order valence-electron chi connectivity index (χ4n) is 4.27. The number of carbonyl (C=O) groups is 1. The molecule has 5 heteroatoms. The van der Waals surface area contributed by atoms with Crippen LogP contribution in [0.2, 0.25) is 0 Å². The van der Waals surface area contributed by atoms with Gasteiger partial charge < -0.3 is 4.90 Å². The third kappa shape index (κ3) is 5.33. The molecule has 4 nitrogen and oxygen atoms in total. The summed E-state index contributed by atoms with van der Waals surface area (Å²) in [4.78, 5) is 25.6. The summed E-state index contributed by atoms with van der Waals surface area (Å²) in [7, 11) is 0. The molecule has 0 radical (unpaired) electrons. The zero-order valence-corrected chi connectivity index (χ0v) is 18.4. The summed E-state index contributed by atoms with van der Waals surface area (Å²) in [6.07, 6.45) is 7.48. The van der Waals surface area contributed by atoms with Gasteiger partial charge in [-0.3, -0.25) is 4.79 Å². The van der Waals surface area contributed by atoms with Crippen molar-refractivity contribution in [1.82, 2.24) is 14.9 Å². The summed E-state index contributed by atoms with van der Waals surface area (Å²) in [5.74, 6) is 1.38. The van der Waals surface area contributed by atoms with E-state index in [0.717, 1.165) is 56.7 Å². The average Bonchev–Trinajstić information content (AvgIpc) is 3.29. The number of nitrogens with zero attached hydrogens (tertiary/aromatic N) is 3. The molecule has 3 heterocycles. The molecule has 1 aliphatic heterocycles. The molecule has 0 spiro atoms. The lowest BCUT2D eigenvalue weighted by Gasteiger charge is -2.33. The van der Waals surface area contributed by atoms with Gasteiger partial charge in [0.25, 0.3) is 0 Å². The van der Waals surface area contributed by atoms with E-state index in [4.69, 9.17) is 4.98 Å². The van der Waals surface area contributed by atoms with E-state index in [2.05, 4.69) is 51.7 Å². The van der Waals surface area contributed by atoms with Gasteiger partial charge in [-0.1, -0.05) is 36.4 Å². The van der Waals surface area contributed by atoms with E-state index in [-0.39, 0.29) is 5.91 Å². The van der Waals surface area contributed by atoms with Crippen LogP contribution in [0.1, 0.15) is 59.1 Å². The van der Waals surface area contributed by atoms with Gasteiger partial charge >= 0.3 is 0 Å². The number of amides is 1. The van der Waals surface area contributed by atoms with E-state index < -0.39 is 0 Å². The molecule has 1 fully saturated rings. The Morgan fingerprint density at radius 1 is 1.20 bits per heavy atom. The smallest absolute Gasteiger partial charge is 0.222 e. The van der Waals surface area contributed by atoms with Crippen molar-refractivity contribution in [3.05, 3.63) is 81.6 Å². The van der Waals surface area contributed by atoms with Crippen LogP contribution in [-0.2, 0) is 17.6 Å². The van der Waals surface area contributed by atoms with Crippen LogP contribution >= 0.6 is 11.3 Å². The normalized spacial score (nSPS) is 16.6. The van der Waals surface area contributed by atoms with E-state index in [1.165, 1.54) is 16.0 Å². The second-order valence-electron chi connectivity index (χ2n) is 8.10. The zero-order chi connectivity index (χ0) is 20.8. The molecule has 0 bridgehead atoms. The molecule has 4 rings (SSSR count). The SMILES string of the molecule is Cc1ncc(Cc2ccccc2)c([C@@H]2CCCN(C(=O)CCCc3cccs3)C2)n1.